The highest BCUT2D eigenvalue weighted by Crippen LogP contribution is 2.18. The van der Waals surface area contributed by atoms with Gasteiger partial charge in [0.25, 0.3) is 5.56 Å². The fourth-order valence-electron chi connectivity index (χ4n) is 2.74. The summed E-state index contributed by atoms with van der Waals surface area (Å²) in [5, 5.41) is 1.76. The maximum absolute atomic E-state index is 12.4. The molecule has 4 rings (SSSR count). The van der Waals surface area contributed by atoms with Gasteiger partial charge in [0.2, 0.25) is 0 Å². The molecule has 0 saturated carbocycles. The predicted octanol–water partition coefficient (Wildman–Crippen LogP) is 2.52. The molecule has 0 aliphatic heterocycles. The number of pyridine rings is 1. The number of hydrogen-bond donors (Lipinski definition) is 1. The van der Waals surface area contributed by atoms with E-state index in [1.807, 2.05) is 24.4 Å². The summed E-state index contributed by atoms with van der Waals surface area (Å²) in [5.74, 6) is 0. The standard InChI is InChI=1S/C17H14N4O/c22-17-14-5-3-8-18-16(14)20-11-21(17)9-7-12-10-19-15-6-2-1-4-13(12)15/h1-6,8,10-11,19H,7,9H2. The zero-order valence-corrected chi connectivity index (χ0v) is 11.9. The van der Waals surface area contributed by atoms with Crippen molar-refractivity contribution in [2.75, 3.05) is 0 Å². The van der Waals surface area contributed by atoms with E-state index >= 15 is 0 Å². The Bertz CT molecular complexity index is 1020. The maximum Gasteiger partial charge on any atom is 0.262 e. The van der Waals surface area contributed by atoms with Crippen molar-refractivity contribution in [2.45, 2.75) is 13.0 Å². The molecule has 1 N–H and O–H groups in total. The maximum atomic E-state index is 12.4. The number of H-pyrrole nitrogens is 1. The minimum Gasteiger partial charge on any atom is -0.361 e. The van der Waals surface area contributed by atoms with Crippen LogP contribution in [0.25, 0.3) is 21.9 Å². The lowest BCUT2D eigenvalue weighted by Gasteiger charge is -2.05. The van der Waals surface area contributed by atoms with Crippen molar-refractivity contribution in [3.8, 4) is 0 Å². The molecule has 0 unspecified atom stereocenters. The first kappa shape index (κ1) is 12.8. The molecular formula is C17H14N4O. The molecule has 0 radical (unpaired) electrons. The Morgan fingerprint density at radius 1 is 1.05 bits per heavy atom. The second-order valence-corrected chi connectivity index (χ2v) is 5.23. The molecule has 4 aromatic rings. The molecule has 0 aliphatic rings. The van der Waals surface area contributed by atoms with Crippen LogP contribution >= 0.6 is 0 Å². The average molecular weight is 290 g/mol. The molecule has 0 saturated heterocycles. The lowest BCUT2D eigenvalue weighted by Crippen LogP contribution is -2.21. The zero-order valence-electron chi connectivity index (χ0n) is 11.9. The van der Waals surface area contributed by atoms with Crippen molar-refractivity contribution in [2.24, 2.45) is 0 Å². The predicted molar refractivity (Wildman–Crippen MR) is 85.8 cm³/mol. The van der Waals surface area contributed by atoms with Crippen molar-refractivity contribution in [1.82, 2.24) is 19.5 Å². The van der Waals surface area contributed by atoms with Crippen LogP contribution in [0.2, 0.25) is 0 Å². The van der Waals surface area contributed by atoms with Crippen molar-refractivity contribution in [3.63, 3.8) is 0 Å². The number of nitrogens with one attached hydrogen (secondary N) is 1. The second kappa shape index (κ2) is 5.11. The fraction of sp³-hybridized carbons (Fsp3) is 0.118. The average Bonchev–Trinajstić information content (AvgIpc) is 2.98. The summed E-state index contributed by atoms with van der Waals surface area (Å²) in [7, 11) is 0. The molecule has 5 nitrogen and oxygen atoms in total. The van der Waals surface area contributed by atoms with E-state index in [1.165, 1.54) is 10.9 Å². The van der Waals surface area contributed by atoms with E-state index < -0.39 is 0 Å². The number of fused-ring (bicyclic) bond motifs is 2. The van der Waals surface area contributed by atoms with E-state index in [-0.39, 0.29) is 5.56 Å². The number of rotatable bonds is 3. The molecule has 0 fully saturated rings. The van der Waals surface area contributed by atoms with Gasteiger partial charge in [-0.1, -0.05) is 18.2 Å². The van der Waals surface area contributed by atoms with E-state index in [2.05, 4.69) is 21.0 Å². The van der Waals surface area contributed by atoms with Gasteiger partial charge in [0, 0.05) is 29.8 Å². The molecular weight excluding hydrogens is 276 g/mol. The third-order valence-electron chi connectivity index (χ3n) is 3.89. The normalized spacial score (nSPS) is 11.3. The van der Waals surface area contributed by atoms with Crippen LogP contribution in [0, 0.1) is 0 Å². The second-order valence-electron chi connectivity index (χ2n) is 5.23. The zero-order chi connectivity index (χ0) is 14.9. The number of aromatic amines is 1. The van der Waals surface area contributed by atoms with E-state index in [1.54, 1.807) is 29.2 Å². The van der Waals surface area contributed by atoms with Gasteiger partial charge in [-0.15, -0.1) is 0 Å². The van der Waals surface area contributed by atoms with E-state index in [0.29, 0.717) is 17.6 Å². The summed E-state index contributed by atoms with van der Waals surface area (Å²) in [6, 6.07) is 11.7. The molecule has 0 bridgehead atoms. The van der Waals surface area contributed by atoms with E-state index in [9.17, 15) is 4.79 Å². The highest BCUT2D eigenvalue weighted by atomic mass is 16.1. The summed E-state index contributed by atoms with van der Waals surface area (Å²) < 4.78 is 1.64. The number of aryl methyl sites for hydroxylation is 2. The summed E-state index contributed by atoms with van der Waals surface area (Å²) >= 11 is 0. The smallest absolute Gasteiger partial charge is 0.262 e. The summed E-state index contributed by atoms with van der Waals surface area (Å²) in [6.07, 6.45) is 6.00. The minimum atomic E-state index is -0.0436. The van der Waals surface area contributed by atoms with E-state index in [0.717, 1.165) is 11.9 Å². The third-order valence-corrected chi connectivity index (χ3v) is 3.89. The van der Waals surface area contributed by atoms with Crippen LogP contribution in [-0.4, -0.2) is 19.5 Å². The first-order valence-corrected chi connectivity index (χ1v) is 7.18. The van der Waals surface area contributed by atoms with E-state index in [4.69, 9.17) is 0 Å². The number of benzene rings is 1. The molecule has 3 aromatic heterocycles. The number of nitrogens with zero attached hydrogens (tertiary/aromatic N) is 3. The van der Waals surface area contributed by atoms with Crippen LogP contribution in [0.5, 0.6) is 0 Å². The van der Waals surface area contributed by atoms with Crippen molar-refractivity contribution >= 4 is 21.9 Å². The topological polar surface area (TPSA) is 63.6 Å². The van der Waals surface area contributed by atoms with Crippen LogP contribution in [0.4, 0.5) is 0 Å². The number of para-hydroxylation sites is 1. The minimum absolute atomic E-state index is 0.0436. The first-order chi connectivity index (χ1) is 10.8. The van der Waals surface area contributed by atoms with Crippen LogP contribution < -0.4 is 5.56 Å². The Hall–Kier alpha value is -2.95. The Balaban J connectivity index is 1.67. The largest absolute Gasteiger partial charge is 0.361 e. The molecule has 5 heteroatoms. The molecule has 0 aliphatic carbocycles. The molecule has 22 heavy (non-hydrogen) atoms. The molecule has 3 heterocycles. The quantitative estimate of drug-likeness (QED) is 0.630. The van der Waals surface area contributed by atoms with Gasteiger partial charge in [-0.05, 0) is 30.2 Å². The van der Waals surface area contributed by atoms with Gasteiger partial charge in [0.1, 0.15) is 0 Å². The van der Waals surface area contributed by atoms with Gasteiger partial charge < -0.3 is 4.98 Å². The summed E-state index contributed by atoms with van der Waals surface area (Å²) in [5.41, 5.74) is 2.77. The van der Waals surface area contributed by atoms with Gasteiger partial charge in [-0.2, -0.15) is 0 Å². The molecule has 0 spiro atoms. The van der Waals surface area contributed by atoms with Crippen LogP contribution in [0.3, 0.4) is 0 Å². The molecule has 1 aromatic carbocycles. The first-order valence-electron chi connectivity index (χ1n) is 7.18. The van der Waals surface area contributed by atoms with Crippen molar-refractivity contribution in [3.05, 3.63) is 71.0 Å². The molecule has 0 amide bonds. The Morgan fingerprint density at radius 3 is 2.86 bits per heavy atom. The number of hydrogen-bond acceptors (Lipinski definition) is 3. The highest BCUT2D eigenvalue weighted by Gasteiger charge is 2.06. The molecule has 0 atom stereocenters. The van der Waals surface area contributed by atoms with Crippen LogP contribution in [-0.2, 0) is 13.0 Å². The van der Waals surface area contributed by atoms with Crippen molar-refractivity contribution < 1.29 is 0 Å². The third kappa shape index (κ3) is 2.07. The van der Waals surface area contributed by atoms with Gasteiger partial charge >= 0.3 is 0 Å². The Labute approximate surface area is 126 Å². The Kier molecular flexibility index (Phi) is 2.96. The van der Waals surface area contributed by atoms with Crippen molar-refractivity contribution in [1.29, 1.82) is 0 Å². The van der Waals surface area contributed by atoms with Gasteiger partial charge in [-0.3, -0.25) is 9.36 Å². The SMILES string of the molecule is O=c1c2cccnc2ncn1CCc1c[nH]c2ccccc12. The number of aromatic nitrogens is 4. The summed E-state index contributed by atoms with van der Waals surface area (Å²) in [6.45, 7) is 0.596. The van der Waals surface area contributed by atoms with Crippen LogP contribution in [0.15, 0.2) is 59.9 Å². The van der Waals surface area contributed by atoms with Gasteiger partial charge in [0.15, 0.2) is 5.65 Å². The van der Waals surface area contributed by atoms with Gasteiger partial charge in [0.05, 0.1) is 11.7 Å². The summed E-state index contributed by atoms with van der Waals surface area (Å²) in [4.78, 5) is 24.0. The fourth-order valence-corrected chi connectivity index (χ4v) is 2.74. The monoisotopic (exact) mass is 290 g/mol. The Morgan fingerprint density at radius 2 is 1.91 bits per heavy atom. The lowest BCUT2D eigenvalue weighted by molar-refractivity contribution is 0.663. The lowest BCUT2D eigenvalue weighted by atomic mass is 10.1. The van der Waals surface area contributed by atoms with Gasteiger partial charge in [-0.25, -0.2) is 9.97 Å². The van der Waals surface area contributed by atoms with Crippen LogP contribution in [0.1, 0.15) is 5.56 Å². The molecule has 108 valence electrons. The highest BCUT2D eigenvalue weighted by molar-refractivity contribution is 5.83.